The number of nitrogens with zero attached hydrogens (tertiary/aromatic N) is 2. The van der Waals surface area contributed by atoms with Crippen LogP contribution in [0.1, 0.15) is 0 Å². The predicted molar refractivity (Wildman–Crippen MR) is 288 cm³/mol. The average molecular weight is 897 g/mol. The first kappa shape index (κ1) is 36.4. The van der Waals surface area contributed by atoms with E-state index in [0.29, 0.717) is 0 Å². The van der Waals surface area contributed by atoms with Crippen molar-refractivity contribution in [3.63, 3.8) is 0 Å². The van der Waals surface area contributed by atoms with Crippen LogP contribution in [0.15, 0.2) is 199 Å². The van der Waals surface area contributed by atoms with Gasteiger partial charge in [0.05, 0.1) is 22.7 Å². The van der Waals surface area contributed by atoms with Crippen LogP contribution in [0.25, 0.3) is 82.8 Å². The molecule has 0 N–H and O–H groups in total. The van der Waals surface area contributed by atoms with Gasteiger partial charge in [-0.1, -0.05) is 115 Å². The van der Waals surface area contributed by atoms with Crippen molar-refractivity contribution in [2.24, 2.45) is 0 Å². The summed E-state index contributed by atoms with van der Waals surface area (Å²) in [6.45, 7) is -0.0278. The summed E-state index contributed by atoms with van der Waals surface area (Å²) in [6.07, 6.45) is 0. The molecular formula is C58H33BN2S4. The minimum absolute atomic E-state index is 0.0278. The number of hydrogen-bond acceptors (Lipinski definition) is 6. The lowest BCUT2D eigenvalue weighted by molar-refractivity contribution is 1.27. The number of hydrogen-bond donors (Lipinski definition) is 0. The molecule has 0 aliphatic carbocycles. The van der Waals surface area contributed by atoms with E-state index in [1.54, 1.807) is 0 Å². The Morgan fingerprint density at radius 1 is 0.323 bits per heavy atom. The smallest absolute Gasteiger partial charge is 0.252 e. The number of fused-ring (bicyclic) bond motifs is 14. The van der Waals surface area contributed by atoms with Gasteiger partial charge < -0.3 is 9.80 Å². The lowest BCUT2D eigenvalue weighted by atomic mass is 9.33. The van der Waals surface area contributed by atoms with Crippen molar-refractivity contribution in [2.45, 2.75) is 0 Å². The molecule has 2 nitrogen and oxygen atoms in total. The van der Waals surface area contributed by atoms with Gasteiger partial charge in [0.15, 0.2) is 0 Å². The molecule has 0 bridgehead atoms. The second-order valence-corrected chi connectivity index (χ2v) is 21.1. The molecule has 0 atom stereocenters. The van der Waals surface area contributed by atoms with Crippen molar-refractivity contribution >= 4 is 163 Å². The normalized spacial score (nSPS) is 13.1. The van der Waals surface area contributed by atoms with E-state index in [2.05, 4.69) is 209 Å². The van der Waals surface area contributed by atoms with Crippen molar-refractivity contribution in [3.8, 4) is 22.3 Å². The van der Waals surface area contributed by atoms with Crippen LogP contribution >= 0.6 is 45.3 Å². The van der Waals surface area contributed by atoms with E-state index in [1.807, 2.05) is 45.3 Å². The Labute approximate surface area is 391 Å². The van der Waals surface area contributed by atoms with Crippen LogP contribution in [0.5, 0.6) is 0 Å². The molecule has 7 heteroatoms. The van der Waals surface area contributed by atoms with Gasteiger partial charge in [0.25, 0.3) is 6.71 Å². The molecule has 0 spiro atoms. The second-order valence-electron chi connectivity index (χ2n) is 17.1. The summed E-state index contributed by atoms with van der Waals surface area (Å²) < 4.78 is 7.82. The Bertz CT molecular complexity index is 3840. The van der Waals surface area contributed by atoms with Crippen LogP contribution in [-0.2, 0) is 0 Å². The third kappa shape index (κ3) is 5.04. The molecule has 0 amide bonds. The van der Waals surface area contributed by atoms with Gasteiger partial charge >= 0.3 is 0 Å². The van der Waals surface area contributed by atoms with E-state index < -0.39 is 0 Å². The zero-order valence-electron chi connectivity index (χ0n) is 34.7. The van der Waals surface area contributed by atoms with Gasteiger partial charge in [-0.15, -0.1) is 45.3 Å². The van der Waals surface area contributed by atoms with E-state index in [-0.39, 0.29) is 6.71 Å². The maximum absolute atomic E-state index is 2.66. The van der Waals surface area contributed by atoms with Crippen molar-refractivity contribution in [1.82, 2.24) is 0 Å². The number of rotatable bonds is 4. The van der Waals surface area contributed by atoms with E-state index in [4.69, 9.17) is 0 Å². The highest BCUT2D eigenvalue weighted by atomic mass is 32.1. The van der Waals surface area contributed by atoms with Gasteiger partial charge in [-0.3, -0.25) is 0 Å². The van der Waals surface area contributed by atoms with Crippen LogP contribution in [0.2, 0.25) is 0 Å². The maximum atomic E-state index is 2.66. The lowest BCUT2D eigenvalue weighted by Gasteiger charge is -2.45. The molecule has 6 heterocycles. The van der Waals surface area contributed by atoms with Gasteiger partial charge in [-0.05, 0) is 111 Å². The Morgan fingerprint density at radius 3 is 1.26 bits per heavy atom. The summed E-state index contributed by atoms with van der Waals surface area (Å²) >= 11 is 7.43. The molecule has 0 unspecified atom stereocenters. The first-order chi connectivity index (χ1) is 32.3. The lowest BCUT2D eigenvalue weighted by Crippen LogP contribution is -2.61. The summed E-state index contributed by atoms with van der Waals surface area (Å²) in [5, 5.41) is 12.3. The van der Waals surface area contributed by atoms with Crippen LogP contribution in [0.3, 0.4) is 0 Å². The van der Waals surface area contributed by atoms with Crippen molar-refractivity contribution in [1.29, 1.82) is 0 Å². The molecule has 0 radical (unpaired) electrons. The first-order valence-corrected chi connectivity index (χ1v) is 25.4. The Balaban J connectivity index is 1.13. The molecule has 9 aromatic carbocycles. The molecule has 302 valence electrons. The van der Waals surface area contributed by atoms with Crippen LogP contribution < -0.4 is 26.2 Å². The Kier molecular flexibility index (Phi) is 7.69. The molecular weight excluding hydrogens is 864 g/mol. The van der Waals surface area contributed by atoms with Gasteiger partial charge in [0.2, 0.25) is 0 Å². The molecule has 0 fully saturated rings. The van der Waals surface area contributed by atoms with Crippen molar-refractivity contribution < 1.29 is 0 Å². The zero-order valence-corrected chi connectivity index (χ0v) is 37.9. The minimum Gasteiger partial charge on any atom is -0.310 e. The maximum Gasteiger partial charge on any atom is 0.252 e. The quantitative estimate of drug-likeness (QED) is 0.162. The highest BCUT2D eigenvalue weighted by Gasteiger charge is 2.46. The van der Waals surface area contributed by atoms with Gasteiger partial charge in [0.1, 0.15) is 0 Å². The second kappa shape index (κ2) is 13.8. The van der Waals surface area contributed by atoms with Gasteiger partial charge in [-0.2, -0.15) is 0 Å². The standard InChI is InChI=1S/C58H33BN2S4/c1-3-12-34(13-4-1)52-38-30-32-62-46(38)28-24-42(52)60-44-18-11-19-45-56(44)59(40-22-26-50-54(57(40)60)36-16-7-9-20-48(36)64-50)41-23-27-51-55(37-17-8-10-21-49(37)65-51)58(41)61(45)43-25-29-47-39(31-33-63-47)53(43)35-14-5-2-6-15-35/h1-33H. The van der Waals surface area contributed by atoms with E-state index in [1.165, 1.54) is 133 Å². The third-order valence-corrected chi connectivity index (χ3v) is 17.9. The Hall–Kier alpha value is -7.00. The summed E-state index contributed by atoms with van der Waals surface area (Å²) in [6, 6.07) is 71.1. The summed E-state index contributed by atoms with van der Waals surface area (Å²) in [5.74, 6) is 0. The van der Waals surface area contributed by atoms with Gasteiger partial charge in [0, 0.05) is 83.0 Å². The summed E-state index contributed by atoms with van der Waals surface area (Å²) in [5.41, 5.74) is 16.3. The number of anilines is 6. The molecule has 4 aromatic heterocycles. The number of benzene rings is 9. The molecule has 2 aliphatic heterocycles. The molecule has 0 saturated heterocycles. The van der Waals surface area contributed by atoms with Crippen LogP contribution in [-0.4, -0.2) is 6.71 Å². The van der Waals surface area contributed by atoms with Gasteiger partial charge in [-0.25, -0.2) is 0 Å². The fourth-order valence-electron chi connectivity index (χ4n) is 11.3. The van der Waals surface area contributed by atoms with Crippen molar-refractivity contribution in [3.05, 3.63) is 199 Å². The monoisotopic (exact) mass is 896 g/mol. The van der Waals surface area contributed by atoms with E-state index >= 15 is 0 Å². The SMILES string of the molecule is c1ccc(-c2c(N3c4cccc5c4B(c4ccc6sc7ccccc7c6c43)c3ccc4sc6ccccc6c4c3N5c3ccc4sccc4c3-c3ccccc3)ccc3sccc23)cc1. The third-order valence-electron chi connectivity index (χ3n) is 13.8. The molecule has 2 aliphatic rings. The molecule has 15 rings (SSSR count). The summed E-state index contributed by atoms with van der Waals surface area (Å²) in [7, 11) is 0. The van der Waals surface area contributed by atoms with Crippen molar-refractivity contribution in [2.75, 3.05) is 9.80 Å². The predicted octanol–water partition coefficient (Wildman–Crippen LogP) is 16.3. The molecule has 0 saturated carbocycles. The highest BCUT2D eigenvalue weighted by molar-refractivity contribution is 7.26. The fourth-order valence-corrected chi connectivity index (χ4v) is 15.1. The average Bonchev–Trinajstić information content (AvgIpc) is 4.19. The summed E-state index contributed by atoms with van der Waals surface area (Å²) in [4.78, 5) is 5.32. The highest BCUT2D eigenvalue weighted by Crippen LogP contribution is 2.55. The van der Waals surface area contributed by atoms with Crippen LogP contribution in [0, 0.1) is 0 Å². The first-order valence-electron chi connectivity index (χ1n) is 22.0. The topological polar surface area (TPSA) is 6.48 Å². The minimum atomic E-state index is -0.0278. The van der Waals surface area contributed by atoms with E-state index in [0.717, 1.165) is 0 Å². The largest absolute Gasteiger partial charge is 0.310 e. The molecule has 13 aromatic rings. The molecule has 65 heavy (non-hydrogen) atoms. The van der Waals surface area contributed by atoms with Crippen LogP contribution in [0.4, 0.5) is 34.1 Å². The fraction of sp³-hybridized carbons (Fsp3) is 0. The Morgan fingerprint density at radius 2 is 0.769 bits per heavy atom. The zero-order chi connectivity index (χ0) is 42.3. The number of thiophene rings is 4. The van der Waals surface area contributed by atoms with E-state index in [9.17, 15) is 0 Å².